The molecule has 3 aliphatic heterocycles. The minimum Gasteiger partial charge on any atom is -0.507 e. The normalized spacial score (nSPS) is 31.0. The van der Waals surface area contributed by atoms with Crippen molar-refractivity contribution in [3.63, 3.8) is 0 Å². The minimum absolute atomic E-state index is 0.000215. The maximum atomic E-state index is 12.5. The van der Waals surface area contributed by atoms with Crippen molar-refractivity contribution in [2.24, 2.45) is 0 Å². The van der Waals surface area contributed by atoms with Gasteiger partial charge in [-0.05, 0) is 35.9 Å². The Hall–Kier alpha value is -5.84. The highest BCUT2D eigenvalue weighted by atomic mass is 16.7. The Morgan fingerprint density at radius 3 is 1.72 bits per heavy atom. The molecule has 1 aromatic heterocycles. The summed E-state index contributed by atoms with van der Waals surface area (Å²) in [5, 5.41) is 137. The minimum atomic E-state index is -1.96. The number of ether oxygens (including phenoxy) is 9. The van der Waals surface area contributed by atoms with E-state index >= 15 is 0 Å². The van der Waals surface area contributed by atoms with Gasteiger partial charge < -0.3 is 109 Å². The standard InChI is InChI=1S/C43H48O24/c1-58-24-7-16(8-25(59-2)31(24)49)3-6-30(48)60-13-27-34(52)37(55)41(65-27)61-14-28-32(50)35(53)38(56)42(66-28)62-15-29-33(51)36(54)39(57)43(67-29)64-26-12-19-21(46)10-18(44)11-23(19)63-40(26)17-4-5-20(45)22(47)9-17/h3-12,27-29,32-39,41-43,50-57H,13-15H2,1-2H3,(H4-,44,45,46,47,48,49)/p+1/t27-,28-,29-,32-,33+,34+,35+,36+,37-,38-,39-,41-,42-,43-/m1/s1. The molecule has 364 valence electrons. The summed E-state index contributed by atoms with van der Waals surface area (Å²) in [5.74, 6) is -3.24. The number of rotatable bonds is 15. The van der Waals surface area contributed by atoms with E-state index in [-0.39, 0.29) is 51.0 Å². The first-order valence-corrected chi connectivity index (χ1v) is 20.3. The molecular weight excluding hydrogens is 900 g/mol. The van der Waals surface area contributed by atoms with Crippen molar-refractivity contribution >= 4 is 23.0 Å². The molecule has 3 aromatic carbocycles. The quantitative estimate of drug-likeness (QED) is 0.0284. The van der Waals surface area contributed by atoms with Gasteiger partial charge in [-0.15, -0.1) is 0 Å². The zero-order valence-corrected chi connectivity index (χ0v) is 35.3. The molecule has 0 bridgehead atoms. The average Bonchev–Trinajstić information content (AvgIpc) is 3.58. The maximum absolute atomic E-state index is 12.5. The highest BCUT2D eigenvalue weighted by Gasteiger charge is 2.50. The molecule has 0 aliphatic carbocycles. The molecule has 24 nitrogen and oxygen atoms in total. The van der Waals surface area contributed by atoms with Crippen LogP contribution in [0, 0.1) is 0 Å². The second kappa shape index (κ2) is 20.6. The van der Waals surface area contributed by atoms with Gasteiger partial charge in [-0.25, -0.2) is 9.21 Å². The number of carbonyl (C=O) groups is 1. The van der Waals surface area contributed by atoms with Crippen LogP contribution >= 0.6 is 0 Å². The molecule has 24 heteroatoms. The van der Waals surface area contributed by atoms with Crippen LogP contribution in [0.1, 0.15) is 5.56 Å². The second-order valence-corrected chi connectivity index (χ2v) is 15.6. The maximum Gasteiger partial charge on any atom is 0.402 e. The SMILES string of the molecule is COc1cc(/C=C/C(=O)OC[C@H]2O[C@@H](OC[C@H]3O[C@@H](OC[C@H]4O[C@@H](Oc5cc6c(O)cc(O)cc6[o+]c5-c5ccc(O)c(O)c5)[C@H](O)[C@@H](O)[C@H]4O)[C@H](O)[C@@H](O)[C@@H]3O)[C@H](O)[C@H]2O)cc(OC)c1O. The monoisotopic (exact) mass is 949 g/mol. The number of aliphatic hydroxyl groups excluding tert-OH is 8. The number of hydrogen-bond acceptors (Lipinski definition) is 23. The van der Waals surface area contributed by atoms with E-state index in [1.807, 2.05) is 0 Å². The Bertz CT molecular complexity index is 2390. The molecule has 3 saturated heterocycles. The molecule has 7 rings (SSSR count). The van der Waals surface area contributed by atoms with Gasteiger partial charge in [0.1, 0.15) is 90.6 Å². The molecular formula is C43H49O24+. The number of esters is 1. The smallest absolute Gasteiger partial charge is 0.402 e. The topological polar surface area (TPSA) is 374 Å². The summed E-state index contributed by atoms with van der Waals surface area (Å²) in [4.78, 5) is 12.5. The van der Waals surface area contributed by atoms with Gasteiger partial charge >= 0.3 is 17.3 Å². The molecule has 3 aliphatic rings. The summed E-state index contributed by atoms with van der Waals surface area (Å²) >= 11 is 0. The number of phenols is 5. The van der Waals surface area contributed by atoms with Crippen molar-refractivity contribution in [1.82, 2.24) is 0 Å². The van der Waals surface area contributed by atoms with E-state index in [0.29, 0.717) is 5.56 Å². The lowest BCUT2D eigenvalue weighted by Gasteiger charge is -2.42. The molecule has 3 fully saturated rings. The van der Waals surface area contributed by atoms with Gasteiger partial charge in [0.2, 0.25) is 17.8 Å². The molecule has 4 aromatic rings. The van der Waals surface area contributed by atoms with Gasteiger partial charge in [0.25, 0.3) is 0 Å². The molecule has 13 N–H and O–H groups in total. The van der Waals surface area contributed by atoms with Gasteiger partial charge in [-0.2, -0.15) is 0 Å². The van der Waals surface area contributed by atoms with Crippen molar-refractivity contribution in [1.29, 1.82) is 0 Å². The van der Waals surface area contributed by atoms with Crippen molar-refractivity contribution in [2.75, 3.05) is 34.0 Å². The zero-order chi connectivity index (χ0) is 48.4. The summed E-state index contributed by atoms with van der Waals surface area (Å²) in [7, 11) is 2.66. The third-order valence-electron chi connectivity index (χ3n) is 11.1. The van der Waals surface area contributed by atoms with E-state index in [4.69, 9.17) is 47.0 Å². The van der Waals surface area contributed by atoms with Gasteiger partial charge in [0.15, 0.2) is 35.6 Å². The number of hydrogen-bond donors (Lipinski definition) is 13. The second-order valence-electron chi connectivity index (χ2n) is 15.6. The van der Waals surface area contributed by atoms with Crippen molar-refractivity contribution in [2.45, 2.75) is 86.0 Å². The van der Waals surface area contributed by atoms with Crippen molar-refractivity contribution in [3.8, 4) is 57.3 Å². The Morgan fingerprint density at radius 1 is 0.597 bits per heavy atom. The predicted octanol–water partition coefficient (Wildman–Crippen LogP) is -1.34. The molecule has 0 spiro atoms. The Balaban J connectivity index is 0.967. The van der Waals surface area contributed by atoms with Crippen LogP contribution < -0.4 is 14.2 Å². The summed E-state index contributed by atoms with van der Waals surface area (Å²) in [6.07, 6.45) is -21.9. The number of carbonyl (C=O) groups excluding carboxylic acids is 1. The third kappa shape index (κ3) is 10.5. The largest absolute Gasteiger partial charge is 0.507 e. The van der Waals surface area contributed by atoms with Crippen LogP contribution in [-0.2, 0) is 33.2 Å². The van der Waals surface area contributed by atoms with Gasteiger partial charge in [0, 0.05) is 24.3 Å². The lowest BCUT2D eigenvalue weighted by Crippen LogP contribution is -2.62. The average molecular weight is 950 g/mol. The van der Waals surface area contributed by atoms with E-state index in [1.165, 1.54) is 50.6 Å². The molecule has 0 unspecified atom stereocenters. The number of methoxy groups -OCH3 is 2. The first-order valence-electron chi connectivity index (χ1n) is 20.3. The highest BCUT2D eigenvalue weighted by molar-refractivity contribution is 5.89. The fourth-order valence-electron chi connectivity index (χ4n) is 7.36. The fourth-order valence-corrected chi connectivity index (χ4v) is 7.36. The molecule has 0 radical (unpaired) electrons. The summed E-state index contributed by atoms with van der Waals surface area (Å²) in [6.45, 7) is -1.92. The van der Waals surface area contributed by atoms with Gasteiger partial charge in [-0.1, -0.05) is 0 Å². The lowest BCUT2D eigenvalue weighted by atomic mass is 9.98. The number of phenolic OH excluding ortho intramolecular Hbond substituents is 5. The first kappa shape index (κ1) is 49.1. The number of aliphatic hydroxyl groups is 8. The van der Waals surface area contributed by atoms with Crippen molar-refractivity contribution in [3.05, 3.63) is 60.2 Å². The van der Waals surface area contributed by atoms with Crippen LogP contribution in [0.15, 0.2) is 59.0 Å². The summed E-state index contributed by atoms with van der Waals surface area (Å²) in [5.41, 5.74) is 0.441. The van der Waals surface area contributed by atoms with Crippen LogP contribution in [-0.4, -0.2) is 192 Å². The van der Waals surface area contributed by atoms with E-state index < -0.39 is 129 Å². The van der Waals surface area contributed by atoms with Crippen LogP contribution in [0.3, 0.4) is 0 Å². The van der Waals surface area contributed by atoms with Gasteiger partial charge in [0.05, 0.1) is 39.1 Å². The van der Waals surface area contributed by atoms with E-state index in [9.17, 15) is 71.2 Å². The third-order valence-corrected chi connectivity index (χ3v) is 11.1. The number of fused-ring (bicyclic) bond motifs is 1. The lowest BCUT2D eigenvalue weighted by molar-refractivity contribution is -0.328. The Morgan fingerprint density at radius 2 is 1.13 bits per heavy atom. The number of benzene rings is 3. The van der Waals surface area contributed by atoms with E-state index in [2.05, 4.69) is 0 Å². The Kier molecular flexibility index (Phi) is 15.1. The molecule has 0 amide bonds. The predicted molar refractivity (Wildman–Crippen MR) is 220 cm³/mol. The fraction of sp³-hybridized carbons (Fsp3) is 0.442. The Labute approximate surface area is 378 Å². The molecule has 4 heterocycles. The molecule has 0 saturated carbocycles. The van der Waals surface area contributed by atoms with E-state index in [1.54, 1.807) is 0 Å². The van der Waals surface area contributed by atoms with Crippen LogP contribution in [0.25, 0.3) is 28.4 Å². The van der Waals surface area contributed by atoms with Crippen LogP contribution in [0.5, 0.6) is 46.0 Å². The first-order chi connectivity index (χ1) is 31.9. The molecule has 14 atom stereocenters. The summed E-state index contributed by atoms with van der Waals surface area (Å²) < 4.78 is 55.4. The number of aromatic hydroxyl groups is 5. The summed E-state index contributed by atoms with van der Waals surface area (Å²) in [6, 6.07) is 9.83. The van der Waals surface area contributed by atoms with Crippen LogP contribution in [0.4, 0.5) is 0 Å². The van der Waals surface area contributed by atoms with E-state index in [0.717, 1.165) is 24.3 Å². The molecule has 67 heavy (non-hydrogen) atoms. The van der Waals surface area contributed by atoms with Crippen molar-refractivity contribution < 1.29 is 118 Å². The zero-order valence-electron chi connectivity index (χ0n) is 35.3. The highest BCUT2D eigenvalue weighted by Crippen LogP contribution is 2.43. The van der Waals surface area contributed by atoms with Crippen LogP contribution in [0.2, 0.25) is 0 Å². The van der Waals surface area contributed by atoms with Gasteiger partial charge in [-0.3, -0.25) is 0 Å².